The summed E-state index contributed by atoms with van der Waals surface area (Å²) in [5.74, 6) is 0.866. The molecule has 212 valence electrons. The van der Waals surface area contributed by atoms with Crippen molar-refractivity contribution in [2.75, 3.05) is 0 Å². The van der Waals surface area contributed by atoms with Crippen molar-refractivity contribution >= 4 is 43.5 Å². The van der Waals surface area contributed by atoms with Gasteiger partial charge in [0.1, 0.15) is 8.80 Å². The van der Waals surface area contributed by atoms with Gasteiger partial charge >= 0.3 is 0 Å². The number of hydrogen-bond donors (Lipinski definition) is 0. The Morgan fingerprint density at radius 2 is 1.26 bits per heavy atom. The molecule has 1 atom stereocenters. The molecule has 0 amide bonds. The van der Waals surface area contributed by atoms with Gasteiger partial charge in [0.25, 0.3) is 0 Å². The van der Waals surface area contributed by atoms with E-state index in [1.165, 1.54) is 40.1 Å². The minimum Gasteiger partial charge on any atom is -0.326 e. The first kappa shape index (κ1) is 29.0. The van der Waals surface area contributed by atoms with Gasteiger partial charge in [0.15, 0.2) is 0 Å². The van der Waals surface area contributed by atoms with Crippen LogP contribution in [0.1, 0.15) is 30.4 Å². The summed E-state index contributed by atoms with van der Waals surface area (Å²) in [7, 11) is -1.57. The van der Waals surface area contributed by atoms with E-state index < -0.39 is 8.80 Å². The Morgan fingerprint density at radius 3 is 1.67 bits per heavy atom. The topological polar surface area (TPSA) is 17.8 Å². The van der Waals surface area contributed by atoms with E-state index in [1.807, 2.05) is 12.5 Å². The largest absolute Gasteiger partial charge is 0.326 e. The Hall–Kier alpha value is -4.06. The molecule has 0 saturated heterocycles. The van der Waals surface area contributed by atoms with Crippen LogP contribution in [0, 0.1) is 0 Å². The Labute approximate surface area is 263 Å². The normalized spacial score (nSPS) is 15.2. The first-order valence-electron chi connectivity index (χ1n) is 15.3. The van der Waals surface area contributed by atoms with Gasteiger partial charge in [-0.05, 0) is 17.2 Å². The van der Waals surface area contributed by atoms with Crippen LogP contribution < -0.4 is 10.9 Å². The Morgan fingerprint density at radius 1 is 0.744 bits per heavy atom. The SMILES string of the molecule is C[SiH](C1=CCC(=S)C=C1)C(c1ccccc1)(c1ccccc1)n1ccnc1.c1ccc(B(c2ccccc2)C2CC2)cc1. The van der Waals surface area contributed by atoms with E-state index in [4.69, 9.17) is 12.2 Å². The number of nitrogens with zero attached hydrogens (tertiary/aromatic N) is 2. The molecule has 5 aromatic rings. The number of allylic oxidation sites excluding steroid dienone is 4. The summed E-state index contributed by atoms with van der Waals surface area (Å²) in [5.41, 5.74) is 5.54. The van der Waals surface area contributed by atoms with Crippen LogP contribution in [0.25, 0.3) is 0 Å². The number of thiocarbonyl (C=S) groups is 1. The molecule has 2 nitrogen and oxygen atoms in total. The number of aromatic nitrogens is 2. The first-order chi connectivity index (χ1) is 21.2. The summed E-state index contributed by atoms with van der Waals surface area (Å²) in [6.45, 7) is 3.05. The van der Waals surface area contributed by atoms with Gasteiger partial charge in [-0.3, -0.25) is 0 Å². The predicted molar refractivity (Wildman–Crippen MR) is 190 cm³/mol. The fourth-order valence-electron chi connectivity index (χ4n) is 6.63. The lowest BCUT2D eigenvalue weighted by Gasteiger charge is -2.42. The first-order valence-corrected chi connectivity index (χ1v) is 18.0. The lowest BCUT2D eigenvalue weighted by atomic mass is 9.37. The zero-order valence-corrected chi connectivity index (χ0v) is 26.6. The predicted octanol–water partition coefficient (Wildman–Crippen LogP) is 7.33. The van der Waals surface area contributed by atoms with Gasteiger partial charge in [-0.25, -0.2) is 4.98 Å². The summed E-state index contributed by atoms with van der Waals surface area (Å²) in [4.78, 5) is 5.41. The Kier molecular flexibility index (Phi) is 9.11. The lowest BCUT2D eigenvalue weighted by molar-refractivity contribution is 0.586. The number of hydrogen-bond acceptors (Lipinski definition) is 2. The van der Waals surface area contributed by atoms with E-state index in [0.29, 0.717) is 6.71 Å². The molecule has 4 aromatic carbocycles. The summed E-state index contributed by atoms with van der Waals surface area (Å²) < 4.78 is 2.30. The highest BCUT2D eigenvalue weighted by Crippen LogP contribution is 2.40. The van der Waals surface area contributed by atoms with Gasteiger partial charge < -0.3 is 4.57 Å². The molecule has 5 heteroatoms. The molecule has 0 spiro atoms. The van der Waals surface area contributed by atoms with Crippen LogP contribution in [0.4, 0.5) is 0 Å². The number of rotatable bonds is 8. The third-order valence-electron chi connectivity index (χ3n) is 8.88. The van der Waals surface area contributed by atoms with Crippen LogP contribution in [-0.4, -0.2) is 29.9 Å². The number of benzene rings is 4. The fraction of sp³-hybridized carbons (Fsp3) is 0.158. The van der Waals surface area contributed by atoms with Crippen molar-refractivity contribution in [3.8, 4) is 0 Å². The van der Waals surface area contributed by atoms with Crippen LogP contribution in [-0.2, 0) is 5.16 Å². The molecule has 1 fully saturated rings. The lowest BCUT2D eigenvalue weighted by Crippen LogP contribution is -2.49. The zero-order valence-electron chi connectivity index (χ0n) is 24.7. The summed E-state index contributed by atoms with van der Waals surface area (Å²) >= 11 is 5.37. The average molecular weight is 593 g/mol. The summed E-state index contributed by atoms with van der Waals surface area (Å²) in [6.07, 6.45) is 16.2. The van der Waals surface area contributed by atoms with Crippen LogP contribution in [0.15, 0.2) is 163 Å². The number of imidazole rings is 1. The zero-order chi connectivity index (χ0) is 29.5. The van der Waals surface area contributed by atoms with E-state index in [2.05, 4.69) is 162 Å². The van der Waals surface area contributed by atoms with E-state index >= 15 is 0 Å². The van der Waals surface area contributed by atoms with Crippen LogP contribution in [0.5, 0.6) is 0 Å². The molecule has 2 aliphatic rings. The molecule has 0 radical (unpaired) electrons. The molecule has 0 aliphatic heterocycles. The Balaban J connectivity index is 0.000000174. The Bertz CT molecular complexity index is 1590. The van der Waals surface area contributed by atoms with Crippen LogP contribution >= 0.6 is 12.2 Å². The van der Waals surface area contributed by atoms with Crippen molar-refractivity contribution in [3.63, 3.8) is 0 Å². The molecule has 1 unspecified atom stereocenters. The molecule has 0 N–H and O–H groups in total. The minimum absolute atomic E-state index is 0.256. The van der Waals surface area contributed by atoms with E-state index in [9.17, 15) is 0 Å². The quantitative estimate of drug-likeness (QED) is 0.139. The highest BCUT2D eigenvalue weighted by molar-refractivity contribution is 7.80. The molecule has 2 aliphatic carbocycles. The van der Waals surface area contributed by atoms with Gasteiger partial charge in [-0.1, -0.05) is 187 Å². The average Bonchev–Trinajstić information content (AvgIpc) is 3.75. The van der Waals surface area contributed by atoms with Crippen molar-refractivity contribution in [2.45, 2.75) is 36.8 Å². The summed E-state index contributed by atoms with van der Waals surface area (Å²) in [5, 5.41) is 1.18. The highest BCUT2D eigenvalue weighted by atomic mass is 32.1. The third kappa shape index (κ3) is 6.34. The van der Waals surface area contributed by atoms with Gasteiger partial charge in [0.05, 0.1) is 11.5 Å². The fourth-order valence-corrected chi connectivity index (χ4v) is 10.1. The van der Waals surface area contributed by atoms with Crippen LogP contribution in [0.2, 0.25) is 12.4 Å². The van der Waals surface area contributed by atoms with Crippen molar-refractivity contribution in [1.82, 2.24) is 9.55 Å². The summed E-state index contributed by atoms with van der Waals surface area (Å²) in [6, 6.07) is 43.5. The second-order valence-corrected chi connectivity index (χ2v) is 15.0. The second kappa shape index (κ2) is 13.5. The monoisotopic (exact) mass is 592 g/mol. The van der Waals surface area contributed by atoms with Gasteiger partial charge in [-0.15, -0.1) is 0 Å². The molecule has 0 bridgehead atoms. The maximum Gasteiger partial charge on any atom is 0.212 e. The van der Waals surface area contributed by atoms with E-state index in [0.717, 1.165) is 17.1 Å². The maximum atomic E-state index is 5.37. The van der Waals surface area contributed by atoms with Gasteiger partial charge in [0.2, 0.25) is 6.71 Å². The molecule has 1 heterocycles. The molecule has 7 rings (SSSR count). The van der Waals surface area contributed by atoms with Gasteiger partial charge in [0, 0.05) is 23.7 Å². The van der Waals surface area contributed by atoms with E-state index in [1.54, 1.807) is 0 Å². The maximum absolute atomic E-state index is 5.37. The molecular weight excluding hydrogens is 555 g/mol. The van der Waals surface area contributed by atoms with Crippen molar-refractivity contribution < 1.29 is 0 Å². The standard InChI is InChI=1S/C23H22N2SSi.C15H15B/c1-27(22-14-12-21(26)13-15-22)23(25-17-16-24-18-25,19-8-4-2-5-9-19)20-10-6-3-7-11-20;1-3-7-13(8-4-1)16(15-11-12-15)14-9-5-2-6-10-14/h2-12,14-18,27H,13H2,1H3;1-10,15H,11-12H2. The molecule has 43 heavy (non-hydrogen) atoms. The van der Waals surface area contributed by atoms with Gasteiger partial charge in [-0.2, -0.15) is 0 Å². The second-order valence-electron chi connectivity index (χ2n) is 11.5. The molecule has 1 saturated carbocycles. The van der Waals surface area contributed by atoms with Crippen molar-refractivity contribution in [1.29, 1.82) is 0 Å². The highest BCUT2D eigenvalue weighted by Gasteiger charge is 2.43. The van der Waals surface area contributed by atoms with Crippen LogP contribution in [0.3, 0.4) is 0 Å². The smallest absolute Gasteiger partial charge is 0.212 e. The third-order valence-corrected chi connectivity index (χ3v) is 12.8. The van der Waals surface area contributed by atoms with E-state index in [-0.39, 0.29) is 5.16 Å². The molecule has 1 aromatic heterocycles. The van der Waals surface area contributed by atoms with Crippen molar-refractivity contribution in [2.24, 2.45) is 0 Å². The van der Waals surface area contributed by atoms with Crippen molar-refractivity contribution in [3.05, 3.63) is 175 Å². The minimum atomic E-state index is -1.57. The molecular formula is C38H37BN2SSi.